The van der Waals surface area contributed by atoms with Crippen molar-refractivity contribution in [2.24, 2.45) is 12.1 Å². The van der Waals surface area contributed by atoms with Gasteiger partial charge in [0.25, 0.3) is 0 Å². The number of imidazole rings is 1. The summed E-state index contributed by atoms with van der Waals surface area (Å²) in [6.07, 6.45) is 4.03. The summed E-state index contributed by atoms with van der Waals surface area (Å²) in [6.45, 7) is 2.99. The predicted octanol–water partition coefficient (Wildman–Crippen LogP) is 5.33. The molecule has 5 rings (SSSR count). The molecule has 30 heavy (non-hydrogen) atoms. The first-order valence-corrected chi connectivity index (χ1v) is 10.0. The van der Waals surface area contributed by atoms with Gasteiger partial charge in [-0.05, 0) is 36.2 Å². The number of fused-ring (bicyclic) bond motifs is 2. The molecule has 0 unspecified atom stereocenters. The van der Waals surface area contributed by atoms with Gasteiger partial charge in [-0.1, -0.05) is 54.6 Å². The highest BCUT2D eigenvalue weighted by atomic mass is 15.4. The summed E-state index contributed by atoms with van der Waals surface area (Å²) in [7, 11) is 1.99. The molecule has 0 aliphatic heterocycles. The Labute approximate surface area is 175 Å². The van der Waals surface area contributed by atoms with Gasteiger partial charge in [0, 0.05) is 36.3 Å². The fraction of sp³-hybridized carbons (Fsp3) is 0.120. The number of rotatable bonds is 5. The highest BCUT2D eigenvalue weighted by Gasteiger charge is 2.09. The molecule has 0 amide bonds. The van der Waals surface area contributed by atoms with Crippen molar-refractivity contribution in [1.82, 2.24) is 14.1 Å². The van der Waals surface area contributed by atoms with E-state index in [0.29, 0.717) is 0 Å². The Morgan fingerprint density at radius 3 is 2.50 bits per heavy atom. The Bertz CT molecular complexity index is 1370. The van der Waals surface area contributed by atoms with E-state index in [1.54, 1.807) is 0 Å². The maximum Gasteiger partial charge on any atom is 0.224 e. The zero-order chi connectivity index (χ0) is 20.5. The lowest BCUT2D eigenvalue weighted by Gasteiger charge is -2.08. The zero-order valence-corrected chi connectivity index (χ0v) is 17.1. The van der Waals surface area contributed by atoms with E-state index in [4.69, 9.17) is 0 Å². The number of aryl methyl sites for hydroxylation is 2. The van der Waals surface area contributed by atoms with Gasteiger partial charge in [-0.3, -0.25) is 0 Å². The molecule has 0 radical (unpaired) electrons. The number of anilines is 1. The molecule has 0 fully saturated rings. The summed E-state index contributed by atoms with van der Waals surface area (Å²) in [5.41, 5.74) is 10.0. The SMILES string of the molecule is Cc1ccccc1Cn1cc(/C=N\Nc2nc3ccccc3n2C)c2ccccc21. The molecule has 5 aromatic rings. The van der Waals surface area contributed by atoms with Crippen molar-refractivity contribution in [3.63, 3.8) is 0 Å². The second kappa shape index (κ2) is 7.52. The lowest BCUT2D eigenvalue weighted by molar-refractivity contribution is 0.830. The largest absolute Gasteiger partial charge is 0.342 e. The number of hydrogen-bond acceptors (Lipinski definition) is 3. The van der Waals surface area contributed by atoms with Gasteiger partial charge >= 0.3 is 0 Å². The molecular formula is C25H23N5. The van der Waals surface area contributed by atoms with Crippen LogP contribution in [0.2, 0.25) is 0 Å². The summed E-state index contributed by atoms with van der Waals surface area (Å²) in [5, 5.41) is 5.67. The summed E-state index contributed by atoms with van der Waals surface area (Å²) in [6, 6.07) is 25.0. The van der Waals surface area contributed by atoms with Crippen LogP contribution in [0.4, 0.5) is 5.95 Å². The van der Waals surface area contributed by atoms with Gasteiger partial charge in [0.05, 0.1) is 17.2 Å². The van der Waals surface area contributed by atoms with Crippen LogP contribution in [-0.4, -0.2) is 20.3 Å². The lowest BCUT2D eigenvalue weighted by Crippen LogP contribution is -2.00. The Morgan fingerprint density at radius 1 is 0.933 bits per heavy atom. The first-order chi connectivity index (χ1) is 14.7. The molecule has 3 aromatic carbocycles. The van der Waals surface area contributed by atoms with Crippen LogP contribution in [0.1, 0.15) is 16.7 Å². The van der Waals surface area contributed by atoms with E-state index < -0.39 is 0 Å². The maximum absolute atomic E-state index is 4.61. The third kappa shape index (κ3) is 3.24. The van der Waals surface area contributed by atoms with Crippen LogP contribution in [0.5, 0.6) is 0 Å². The van der Waals surface area contributed by atoms with Crippen LogP contribution in [0, 0.1) is 6.92 Å². The van der Waals surface area contributed by atoms with Crippen LogP contribution in [0.3, 0.4) is 0 Å². The van der Waals surface area contributed by atoms with Gasteiger partial charge in [-0.15, -0.1) is 0 Å². The molecular weight excluding hydrogens is 370 g/mol. The van der Waals surface area contributed by atoms with Crippen molar-refractivity contribution in [3.05, 3.63) is 95.7 Å². The van der Waals surface area contributed by atoms with Gasteiger partial charge in [-0.2, -0.15) is 5.10 Å². The molecule has 5 nitrogen and oxygen atoms in total. The monoisotopic (exact) mass is 393 g/mol. The molecule has 1 N–H and O–H groups in total. The third-order valence-corrected chi connectivity index (χ3v) is 5.58. The predicted molar refractivity (Wildman–Crippen MR) is 124 cm³/mol. The molecule has 0 bridgehead atoms. The Kier molecular flexibility index (Phi) is 4.56. The van der Waals surface area contributed by atoms with Gasteiger partial charge in [0.15, 0.2) is 0 Å². The molecule has 0 spiro atoms. The molecule has 5 heteroatoms. The topological polar surface area (TPSA) is 47.1 Å². The second-order valence-corrected chi connectivity index (χ2v) is 7.51. The van der Waals surface area contributed by atoms with E-state index in [-0.39, 0.29) is 0 Å². The average Bonchev–Trinajstić information content (AvgIpc) is 3.28. The van der Waals surface area contributed by atoms with E-state index in [1.165, 1.54) is 22.0 Å². The van der Waals surface area contributed by atoms with Crippen molar-refractivity contribution in [1.29, 1.82) is 0 Å². The number of nitrogens with one attached hydrogen (secondary N) is 1. The van der Waals surface area contributed by atoms with E-state index in [0.717, 1.165) is 29.1 Å². The van der Waals surface area contributed by atoms with Crippen LogP contribution in [-0.2, 0) is 13.6 Å². The number of aromatic nitrogens is 3. The van der Waals surface area contributed by atoms with Crippen molar-refractivity contribution >= 4 is 34.1 Å². The Balaban J connectivity index is 1.45. The van der Waals surface area contributed by atoms with Crippen LogP contribution in [0.15, 0.2) is 84.1 Å². The number of para-hydroxylation sites is 3. The van der Waals surface area contributed by atoms with E-state index >= 15 is 0 Å². The molecule has 0 aliphatic rings. The fourth-order valence-electron chi connectivity index (χ4n) is 3.88. The zero-order valence-electron chi connectivity index (χ0n) is 17.1. The molecule has 148 valence electrons. The van der Waals surface area contributed by atoms with Crippen LogP contribution >= 0.6 is 0 Å². The summed E-state index contributed by atoms with van der Waals surface area (Å²) < 4.78 is 4.29. The quantitative estimate of drug-likeness (QED) is 0.324. The third-order valence-electron chi connectivity index (χ3n) is 5.58. The van der Waals surface area contributed by atoms with Crippen molar-refractivity contribution in [2.45, 2.75) is 13.5 Å². The van der Waals surface area contributed by atoms with Crippen LogP contribution in [0.25, 0.3) is 21.9 Å². The van der Waals surface area contributed by atoms with Crippen molar-refractivity contribution in [2.75, 3.05) is 5.43 Å². The molecule has 0 saturated carbocycles. The summed E-state index contributed by atoms with van der Waals surface area (Å²) in [5.74, 6) is 0.719. The number of hydrogen-bond donors (Lipinski definition) is 1. The fourth-order valence-corrected chi connectivity index (χ4v) is 3.88. The van der Waals surface area contributed by atoms with Gasteiger partial charge in [0.2, 0.25) is 5.95 Å². The number of benzene rings is 3. The standard InChI is InChI=1S/C25H23N5/c1-18-9-3-4-10-19(18)16-30-17-20(21-11-5-7-13-23(21)30)15-26-28-25-27-22-12-6-8-14-24(22)29(25)2/h3-15,17H,16H2,1-2H3,(H,27,28)/b26-15-. The minimum atomic E-state index is 0.719. The van der Waals surface area contributed by atoms with Gasteiger partial charge in [0.1, 0.15) is 0 Å². The first kappa shape index (κ1) is 18.2. The molecule has 0 aliphatic carbocycles. The van der Waals surface area contributed by atoms with E-state index in [2.05, 4.69) is 87.8 Å². The lowest BCUT2D eigenvalue weighted by atomic mass is 10.1. The average molecular weight is 393 g/mol. The highest BCUT2D eigenvalue weighted by Crippen LogP contribution is 2.22. The molecule has 0 atom stereocenters. The van der Waals surface area contributed by atoms with Gasteiger partial charge < -0.3 is 9.13 Å². The van der Waals surface area contributed by atoms with Crippen LogP contribution < -0.4 is 5.43 Å². The highest BCUT2D eigenvalue weighted by molar-refractivity contribution is 5.99. The Morgan fingerprint density at radius 2 is 1.67 bits per heavy atom. The van der Waals surface area contributed by atoms with E-state index in [9.17, 15) is 0 Å². The molecule has 0 saturated heterocycles. The molecule has 2 heterocycles. The van der Waals surface area contributed by atoms with Gasteiger partial charge in [-0.25, -0.2) is 10.4 Å². The van der Waals surface area contributed by atoms with Crippen molar-refractivity contribution < 1.29 is 0 Å². The second-order valence-electron chi connectivity index (χ2n) is 7.51. The first-order valence-electron chi connectivity index (χ1n) is 10.0. The number of hydrazone groups is 1. The summed E-state index contributed by atoms with van der Waals surface area (Å²) in [4.78, 5) is 4.61. The minimum absolute atomic E-state index is 0.719. The maximum atomic E-state index is 4.61. The minimum Gasteiger partial charge on any atom is -0.342 e. The summed E-state index contributed by atoms with van der Waals surface area (Å²) >= 11 is 0. The van der Waals surface area contributed by atoms with E-state index in [1.807, 2.05) is 36.0 Å². The molecule has 2 aromatic heterocycles. The normalized spacial score (nSPS) is 11.7. The smallest absolute Gasteiger partial charge is 0.224 e. The van der Waals surface area contributed by atoms with Crippen molar-refractivity contribution in [3.8, 4) is 0 Å². The number of nitrogens with zero attached hydrogens (tertiary/aromatic N) is 4. The Hall–Kier alpha value is -3.86.